The van der Waals surface area contributed by atoms with Crippen molar-refractivity contribution in [2.24, 2.45) is 0 Å². The van der Waals surface area contributed by atoms with Gasteiger partial charge in [0.2, 0.25) is 11.9 Å². The molecule has 96 valence electrons. The molecule has 2 N–H and O–H groups in total. The average Bonchev–Trinajstić information content (AvgIpc) is 2.60. The number of likely N-dealkylation sites (N-methyl/N-ethyl adjacent to an activating group) is 1. The number of hydrogen-bond donors (Lipinski definition) is 2. The summed E-state index contributed by atoms with van der Waals surface area (Å²) in [6, 6.07) is -0.541. The maximum Gasteiger partial charge on any atom is 0.251 e. The van der Waals surface area contributed by atoms with Gasteiger partial charge >= 0.3 is 0 Å². The fourth-order valence-corrected chi connectivity index (χ4v) is 1.74. The molecule has 7 heteroatoms. The lowest BCUT2D eigenvalue weighted by atomic mass is 10.2. The van der Waals surface area contributed by atoms with Crippen molar-refractivity contribution in [3.8, 4) is 0 Å². The van der Waals surface area contributed by atoms with Crippen LogP contribution in [-0.2, 0) is 9.59 Å². The zero-order valence-electron chi connectivity index (χ0n) is 10.5. The molecule has 1 aromatic rings. The lowest BCUT2D eigenvalue weighted by molar-refractivity contribution is -0.136. The Morgan fingerprint density at radius 1 is 1.44 bits per heavy atom. The second kappa shape index (κ2) is 4.59. The van der Waals surface area contributed by atoms with Crippen LogP contribution < -0.4 is 10.6 Å². The smallest absolute Gasteiger partial charge is 0.251 e. The molecule has 1 saturated heterocycles. The maximum atomic E-state index is 11.8. The van der Waals surface area contributed by atoms with Gasteiger partial charge < -0.3 is 10.6 Å². The zero-order valence-corrected chi connectivity index (χ0v) is 10.5. The first-order chi connectivity index (χ1) is 8.52. The molecule has 18 heavy (non-hydrogen) atoms. The van der Waals surface area contributed by atoms with E-state index in [0.29, 0.717) is 11.8 Å². The summed E-state index contributed by atoms with van der Waals surface area (Å²) >= 11 is 0. The predicted molar refractivity (Wildman–Crippen MR) is 66.1 cm³/mol. The van der Waals surface area contributed by atoms with Gasteiger partial charge in [-0.25, -0.2) is 4.98 Å². The highest BCUT2D eigenvalue weighted by Crippen LogP contribution is 2.19. The fourth-order valence-electron chi connectivity index (χ4n) is 1.74. The third-order valence-corrected chi connectivity index (χ3v) is 2.89. The average molecular weight is 249 g/mol. The molecule has 1 unspecified atom stereocenters. The summed E-state index contributed by atoms with van der Waals surface area (Å²) in [6.07, 6.45) is 1.82. The molecule has 2 rings (SSSR count). The summed E-state index contributed by atoms with van der Waals surface area (Å²) < 4.78 is 0. The molecule has 1 aliphatic rings. The van der Waals surface area contributed by atoms with Crippen LogP contribution in [0.15, 0.2) is 6.20 Å². The van der Waals surface area contributed by atoms with Crippen LogP contribution in [0.4, 0.5) is 11.8 Å². The van der Waals surface area contributed by atoms with Crippen LogP contribution in [-0.4, -0.2) is 46.8 Å². The molecule has 0 aromatic carbocycles. The number of carbonyl (C=O) groups excluding carboxylic acids is 2. The van der Waals surface area contributed by atoms with Crippen LogP contribution in [0.3, 0.4) is 0 Å². The molecule has 1 fully saturated rings. The summed E-state index contributed by atoms with van der Waals surface area (Å²) in [4.78, 5) is 32.6. The lowest BCUT2D eigenvalue weighted by Gasteiger charge is -2.13. The Kier molecular flexibility index (Phi) is 3.14. The lowest BCUT2D eigenvalue weighted by Crippen LogP contribution is -2.32. The molecular weight excluding hydrogens is 234 g/mol. The molecule has 2 amide bonds. The summed E-state index contributed by atoms with van der Waals surface area (Å²) in [5.41, 5.74) is 0.823. The van der Waals surface area contributed by atoms with Crippen LogP contribution >= 0.6 is 0 Å². The van der Waals surface area contributed by atoms with Crippen LogP contribution in [0.5, 0.6) is 0 Å². The number of amides is 2. The van der Waals surface area contributed by atoms with Gasteiger partial charge in [0.15, 0.2) is 0 Å². The minimum absolute atomic E-state index is 0.160. The summed E-state index contributed by atoms with van der Waals surface area (Å²) in [5, 5.41) is 5.82. The Labute approximate surface area is 105 Å². The van der Waals surface area contributed by atoms with Crippen molar-refractivity contribution in [3.63, 3.8) is 0 Å². The minimum Gasteiger partial charge on any atom is -0.358 e. The van der Waals surface area contributed by atoms with E-state index in [0.717, 1.165) is 10.5 Å². The summed E-state index contributed by atoms with van der Waals surface area (Å²) in [5.74, 6) is 0.617. The van der Waals surface area contributed by atoms with Crippen LogP contribution in [0.25, 0.3) is 0 Å². The van der Waals surface area contributed by atoms with E-state index in [9.17, 15) is 9.59 Å². The van der Waals surface area contributed by atoms with Crippen molar-refractivity contribution >= 4 is 23.6 Å². The highest BCUT2D eigenvalue weighted by Gasteiger charge is 2.36. The Morgan fingerprint density at radius 3 is 2.72 bits per heavy atom. The number of nitrogens with one attached hydrogen (secondary N) is 2. The van der Waals surface area contributed by atoms with Gasteiger partial charge in [0.05, 0.1) is 6.42 Å². The molecule has 0 aliphatic carbocycles. The molecule has 0 bridgehead atoms. The van der Waals surface area contributed by atoms with Crippen molar-refractivity contribution in [1.82, 2.24) is 14.9 Å². The molecule has 7 nitrogen and oxygen atoms in total. The standard InChI is InChI=1S/C11H15N5O2/c1-6-5-13-11(12-2)15-9(6)14-7-4-8(17)16(3)10(7)18/h5,7H,4H2,1-3H3,(H2,12,13,14,15). The van der Waals surface area contributed by atoms with Crippen LogP contribution in [0.1, 0.15) is 12.0 Å². The highest BCUT2D eigenvalue weighted by molar-refractivity contribution is 6.06. The Bertz CT molecular complexity index is 502. The number of nitrogens with zero attached hydrogens (tertiary/aromatic N) is 3. The van der Waals surface area contributed by atoms with Gasteiger partial charge in [0, 0.05) is 25.9 Å². The van der Waals surface area contributed by atoms with Crippen molar-refractivity contribution in [3.05, 3.63) is 11.8 Å². The molecule has 1 aliphatic heterocycles. The van der Waals surface area contributed by atoms with E-state index in [4.69, 9.17) is 0 Å². The second-order valence-corrected chi connectivity index (χ2v) is 4.17. The second-order valence-electron chi connectivity index (χ2n) is 4.17. The molecule has 2 heterocycles. The van der Waals surface area contributed by atoms with E-state index in [1.807, 2.05) is 6.92 Å². The van der Waals surface area contributed by atoms with Crippen molar-refractivity contribution in [2.75, 3.05) is 24.7 Å². The summed E-state index contributed by atoms with van der Waals surface area (Å²) in [6.45, 7) is 1.84. The van der Waals surface area contributed by atoms with Crippen LogP contribution in [0, 0.1) is 6.92 Å². The highest BCUT2D eigenvalue weighted by atomic mass is 16.2. The first-order valence-corrected chi connectivity index (χ1v) is 5.61. The van der Waals surface area contributed by atoms with Crippen LogP contribution in [0.2, 0.25) is 0 Å². The van der Waals surface area contributed by atoms with Gasteiger partial charge in [-0.05, 0) is 6.92 Å². The largest absolute Gasteiger partial charge is 0.358 e. The van der Waals surface area contributed by atoms with Crippen molar-refractivity contribution in [2.45, 2.75) is 19.4 Å². The van der Waals surface area contributed by atoms with Gasteiger partial charge in [-0.1, -0.05) is 0 Å². The number of hydrogen-bond acceptors (Lipinski definition) is 6. The monoisotopic (exact) mass is 249 g/mol. The van der Waals surface area contributed by atoms with E-state index >= 15 is 0 Å². The SMILES string of the molecule is CNc1ncc(C)c(NC2CC(=O)N(C)C2=O)n1. The van der Waals surface area contributed by atoms with Gasteiger partial charge in [0.1, 0.15) is 11.9 Å². The van der Waals surface area contributed by atoms with E-state index in [1.165, 1.54) is 7.05 Å². The quantitative estimate of drug-likeness (QED) is 0.733. The third kappa shape index (κ3) is 2.11. The maximum absolute atomic E-state index is 11.8. The zero-order chi connectivity index (χ0) is 13.3. The first kappa shape index (κ1) is 12.3. The van der Waals surface area contributed by atoms with Gasteiger partial charge in [0.25, 0.3) is 5.91 Å². The normalized spacial score (nSPS) is 19.3. The topological polar surface area (TPSA) is 87.2 Å². The van der Waals surface area contributed by atoms with Gasteiger partial charge in [-0.15, -0.1) is 0 Å². The number of rotatable bonds is 3. The number of aryl methyl sites for hydroxylation is 1. The molecular formula is C11H15N5O2. The Morgan fingerprint density at radius 2 is 2.17 bits per heavy atom. The van der Waals surface area contributed by atoms with Crippen molar-refractivity contribution in [1.29, 1.82) is 0 Å². The van der Waals surface area contributed by atoms with E-state index < -0.39 is 6.04 Å². The Hall–Kier alpha value is -2.18. The fraction of sp³-hybridized carbons (Fsp3) is 0.455. The van der Waals surface area contributed by atoms with Gasteiger partial charge in [-0.2, -0.15) is 4.98 Å². The number of imide groups is 1. The molecule has 0 saturated carbocycles. The van der Waals surface area contributed by atoms with E-state index in [2.05, 4.69) is 20.6 Å². The molecule has 1 aromatic heterocycles. The van der Waals surface area contributed by atoms with E-state index in [-0.39, 0.29) is 18.2 Å². The first-order valence-electron chi connectivity index (χ1n) is 5.61. The molecule has 0 radical (unpaired) electrons. The number of aromatic nitrogens is 2. The molecule has 0 spiro atoms. The van der Waals surface area contributed by atoms with Gasteiger partial charge in [-0.3, -0.25) is 14.5 Å². The minimum atomic E-state index is -0.541. The number of anilines is 2. The number of carbonyl (C=O) groups is 2. The number of likely N-dealkylation sites (tertiary alicyclic amines) is 1. The predicted octanol–water partition coefficient (Wildman–Crippen LogP) is -0.00408. The molecule has 1 atom stereocenters. The Balaban J connectivity index is 2.19. The summed E-state index contributed by atoms with van der Waals surface area (Å²) in [7, 11) is 3.20. The van der Waals surface area contributed by atoms with Crippen molar-refractivity contribution < 1.29 is 9.59 Å². The van der Waals surface area contributed by atoms with E-state index in [1.54, 1.807) is 13.2 Å². The third-order valence-electron chi connectivity index (χ3n) is 2.89.